The van der Waals surface area contributed by atoms with Crippen LogP contribution in [0, 0.1) is 0 Å². The molecule has 6 heteroatoms. The summed E-state index contributed by atoms with van der Waals surface area (Å²) in [5.41, 5.74) is 7.91. The summed E-state index contributed by atoms with van der Waals surface area (Å²) in [5, 5.41) is 3.16. The highest BCUT2D eigenvalue weighted by Gasteiger charge is 2.11. The number of halogens is 2. The Morgan fingerprint density at radius 3 is 2.83 bits per heavy atom. The highest BCUT2D eigenvalue weighted by Crippen LogP contribution is 2.21. The van der Waals surface area contributed by atoms with E-state index in [0.717, 1.165) is 6.07 Å². The van der Waals surface area contributed by atoms with E-state index < -0.39 is 12.2 Å². The number of alkyl halides is 2. The molecule has 1 aromatic rings. The number of hydrogen-bond acceptors (Lipinski definition) is 2. The molecule has 0 fully saturated rings. The average Bonchev–Trinajstić information content (AvgIpc) is 2.48. The fourth-order valence-electron chi connectivity index (χ4n) is 0.698. The molecule has 1 rings (SSSR count). The fourth-order valence-corrected chi connectivity index (χ4v) is 0.698. The topological polar surface area (TPSA) is 61.9 Å². The number of furan rings is 1. The van der Waals surface area contributed by atoms with Crippen LogP contribution < -0.4 is 0 Å². The largest absolute Gasteiger partial charge is 0.460 e. The molecule has 1 aromatic heterocycles. The summed E-state index contributed by atoms with van der Waals surface area (Å²) in [6.45, 7) is -0.0385. The summed E-state index contributed by atoms with van der Waals surface area (Å²) in [6, 6.07) is 2.52. The Morgan fingerprint density at radius 2 is 2.33 bits per heavy atom. The zero-order valence-corrected chi connectivity index (χ0v) is 5.94. The average molecular weight is 173 g/mol. The predicted molar refractivity (Wildman–Crippen MR) is 36.5 cm³/mol. The lowest BCUT2D eigenvalue weighted by atomic mass is 10.4. The van der Waals surface area contributed by atoms with Crippen LogP contribution in [0.5, 0.6) is 0 Å². The Balaban J connectivity index is 2.70. The third-order valence-electron chi connectivity index (χ3n) is 1.19. The number of azide groups is 1. The Kier molecular flexibility index (Phi) is 2.66. The van der Waals surface area contributed by atoms with E-state index in [9.17, 15) is 8.78 Å². The van der Waals surface area contributed by atoms with E-state index in [-0.39, 0.29) is 12.3 Å². The lowest BCUT2D eigenvalue weighted by Crippen LogP contribution is -1.77. The van der Waals surface area contributed by atoms with Crippen LogP contribution in [0.25, 0.3) is 10.4 Å². The second-order valence-electron chi connectivity index (χ2n) is 1.99. The van der Waals surface area contributed by atoms with Gasteiger partial charge in [0.2, 0.25) is 0 Å². The second-order valence-corrected chi connectivity index (χ2v) is 1.99. The quantitative estimate of drug-likeness (QED) is 0.393. The molecule has 0 amide bonds. The molecule has 0 bridgehead atoms. The van der Waals surface area contributed by atoms with Crippen molar-refractivity contribution in [1.29, 1.82) is 0 Å². The maximum atomic E-state index is 11.9. The van der Waals surface area contributed by atoms with Gasteiger partial charge in [0.25, 0.3) is 6.43 Å². The molecule has 0 aliphatic carbocycles. The Morgan fingerprint density at radius 1 is 1.58 bits per heavy atom. The van der Waals surface area contributed by atoms with Gasteiger partial charge in [0.15, 0.2) is 5.76 Å². The van der Waals surface area contributed by atoms with Gasteiger partial charge in [0, 0.05) is 4.91 Å². The first-order valence-electron chi connectivity index (χ1n) is 3.11. The molecule has 0 aliphatic rings. The molecule has 1 heterocycles. The molecule has 4 nitrogen and oxygen atoms in total. The Bertz CT molecular complexity index is 303. The molecule has 0 aromatic carbocycles. The molecule has 0 N–H and O–H groups in total. The fraction of sp³-hybridized carbons (Fsp3) is 0.333. The monoisotopic (exact) mass is 173 g/mol. The summed E-state index contributed by atoms with van der Waals surface area (Å²) in [4.78, 5) is 2.46. The molecule has 12 heavy (non-hydrogen) atoms. The van der Waals surface area contributed by atoms with Crippen LogP contribution >= 0.6 is 0 Å². The van der Waals surface area contributed by atoms with Gasteiger partial charge in [-0.1, -0.05) is 5.11 Å². The normalized spacial score (nSPS) is 9.92. The van der Waals surface area contributed by atoms with Gasteiger partial charge in [-0.3, -0.25) is 0 Å². The molecular weight excluding hydrogens is 168 g/mol. The van der Waals surface area contributed by atoms with Crippen LogP contribution in [-0.4, -0.2) is 0 Å². The van der Waals surface area contributed by atoms with Crippen molar-refractivity contribution in [2.75, 3.05) is 0 Å². The van der Waals surface area contributed by atoms with E-state index in [1.807, 2.05) is 0 Å². The minimum atomic E-state index is -2.62. The van der Waals surface area contributed by atoms with Gasteiger partial charge in [0.1, 0.15) is 5.76 Å². The first-order chi connectivity index (χ1) is 5.74. The molecular formula is C6H5F2N3O. The molecule has 0 aliphatic heterocycles. The summed E-state index contributed by atoms with van der Waals surface area (Å²) >= 11 is 0. The van der Waals surface area contributed by atoms with E-state index in [1.165, 1.54) is 6.07 Å². The van der Waals surface area contributed by atoms with Crippen LogP contribution in [0.2, 0.25) is 0 Å². The van der Waals surface area contributed by atoms with Crippen molar-refractivity contribution in [3.05, 3.63) is 34.1 Å². The molecule has 0 saturated carbocycles. The maximum Gasteiger partial charge on any atom is 0.295 e. The summed E-state index contributed by atoms with van der Waals surface area (Å²) < 4.78 is 28.4. The highest BCUT2D eigenvalue weighted by molar-refractivity contribution is 5.07. The van der Waals surface area contributed by atoms with E-state index in [0.29, 0.717) is 0 Å². The van der Waals surface area contributed by atoms with E-state index in [2.05, 4.69) is 14.4 Å². The van der Waals surface area contributed by atoms with Crippen molar-refractivity contribution in [3.63, 3.8) is 0 Å². The van der Waals surface area contributed by atoms with Crippen molar-refractivity contribution < 1.29 is 13.2 Å². The van der Waals surface area contributed by atoms with Gasteiger partial charge < -0.3 is 4.42 Å². The van der Waals surface area contributed by atoms with Crippen LogP contribution in [0.15, 0.2) is 21.7 Å². The number of rotatable bonds is 3. The molecule has 0 spiro atoms. The zero-order chi connectivity index (χ0) is 8.97. The van der Waals surface area contributed by atoms with Crippen LogP contribution in [-0.2, 0) is 6.54 Å². The van der Waals surface area contributed by atoms with Gasteiger partial charge in [-0.05, 0) is 17.7 Å². The SMILES string of the molecule is [N-]=[N+]=NCc1ccc(C(F)F)o1. The first-order valence-corrected chi connectivity index (χ1v) is 3.11. The van der Waals surface area contributed by atoms with Gasteiger partial charge in [-0.15, -0.1) is 0 Å². The Labute approximate surface area is 66.4 Å². The van der Waals surface area contributed by atoms with Gasteiger partial charge in [-0.25, -0.2) is 8.78 Å². The van der Waals surface area contributed by atoms with Crippen molar-refractivity contribution in [1.82, 2.24) is 0 Å². The predicted octanol–water partition coefficient (Wildman–Crippen LogP) is 3.03. The lowest BCUT2D eigenvalue weighted by molar-refractivity contribution is 0.120. The van der Waals surface area contributed by atoms with Crippen LogP contribution in [0.1, 0.15) is 17.9 Å². The number of hydrogen-bond donors (Lipinski definition) is 0. The van der Waals surface area contributed by atoms with Gasteiger partial charge >= 0.3 is 0 Å². The number of nitrogens with zero attached hydrogens (tertiary/aromatic N) is 3. The van der Waals surface area contributed by atoms with Crippen molar-refractivity contribution in [3.8, 4) is 0 Å². The van der Waals surface area contributed by atoms with Crippen LogP contribution in [0.4, 0.5) is 8.78 Å². The minimum absolute atomic E-state index is 0.0385. The molecule has 0 unspecified atom stereocenters. The Hall–Kier alpha value is -1.55. The third kappa shape index (κ3) is 1.96. The molecule has 0 radical (unpaired) electrons. The van der Waals surface area contributed by atoms with Crippen molar-refractivity contribution in [2.45, 2.75) is 13.0 Å². The summed E-state index contributed by atoms with van der Waals surface area (Å²) in [6.07, 6.45) is -2.62. The first kappa shape index (κ1) is 8.55. The van der Waals surface area contributed by atoms with E-state index in [1.54, 1.807) is 0 Å². The molecule has 64 valence electrons. The highest BCUT2D eigenvalue weighted by atomic mass is 19.3. The van der Waals surface area contributed by atoms with Gasteiger partial charge in [0.05, 0.1) is 6.54 Å². The third-order valence-corrected chi connectivity index (χ3v) is 1.19. The van der Waals surface area contributed by atoms with Gasteiger partial charge in [-0.2, -0.15) is 0 Å². The molecule has 0 atom stereocenters. The summed E-state index contributed by atoms with van der Waals surface area (Å²) in [7, 11) is 0. The maximum absolute atomic E-state index is 11.9. The minimum Gasteiger partial charge on any atom is -0.460 e. The van der Waals surface area contributed by atoms with Crippen LogP contribution in [0.3, 0.4) is 0 Å². The lowest BCUT2D eigenvalue weighted by Gasteiger charge is -1.90. The summed E-state index contributed by atoms with van der Waals surface area (Å²) in [5.74, 6) is -0.166. The standard InChI is InChI=1S/C6H5F2N3O/c7-6(8)5-2-1-4(12-5)3-10-11-9/h1-2,6H,3H2. The van der Waals surface area contributed by atoms with Crippen molar-refractivity contribution in [2.24, 2.45) is 5.11 Å². The van der Waals surface area contributed by atoms with Crippen molar-refractivity contribution >= 4 is 0 Å². The molecule has 0 saturated heterocycles. The smallest absolute Gasteiger partial charge is 0.295 e. The zero-order valence-electron chi connectivity index (χ0n) is 5.94. The van der Waals surface area contributed by atoms with E-state index >= 15 is 0 Å². The second kappa shape index (κ2) is 3.73. The van der Waals surface area contributed by atoms with E-state index in [4.69, 9.17) is 5.53 Å².